The van der Waals surface area contributed by atoms with Gasteiger partial charge in [0, 0.05) is 12.6 Å². The molecule has 1 saturated carbocycles. The first-order chi connectivity index (χ1) is 17.4. The van der Waals surface area contributed by atoms with Crippen LogP contribution in [-0.4, -0.2) is 52.9 Å². The minimum absolute atomic E-state index is 0.00771. The van der Waals surface area contributed by atoms with E-state index in [9.17, 15) is 19.2 Å². The SMILES string of the molecule is C=CCN(C(=O)C(CC(N)=O)NC(=O)OC(C)(C)C)C(C(=O)NC1CCCCC1)c1cccc(C=C)c1. The van der Waals surface area contributed by atoms with E-state index in [1.54, 1.807) is 45.0 Å². The number of alkyl carbamates (subject to hydrolysis) is 1. The second-order valence-electron chi connectivity index (χ2n) is 10.3. The normalized spacial score (nSPS) is 15.5. The molecular weight excluding hydrogens is 472 g/mol. The fourth-order valence-electron chi connectivity index (χ4n) is 4.37. The largest absolute Gasteiger partial charge is 0.444 e. The van der Waals surface area contributed by atoms with E-state index < -0.39 is 42.0 Å². The third-order valence-corrected chi connectivity index (χ3v) is 5.98. The van der Waals surface area contributed by atoms with Crippen LogP contribution < -0.4 is 16.4 Å². The summed E-state index contributed by atoms with van der Waals surface area (Å²) in [6.07, 6.45) is 6.72. The Hall–Kier alpha value is -3.62. The molecule has 1 aliphatic carbocycles. The average Bonchev–Trinajstić information content (AvgIpc) is 2.82. The van der Waals surface area contributed by atoms with Gasteiger partial charge in [0.05, 0.1) is 6.42 Å². The fraction of sp³-hybridized carbons (Fsp3) is 0.500. The minimum atomic E-state index is -1.33. The first-order valence-corrected chi connectivity index (χ1v) is 12.7. The Morgan fingerprint density at radius 1 is 1.16 bits per heavy atom. The zero-order valence-electron chi connectivity index (χ0n) is 22.1. The molecule has 202 valence electrons. The third kappa shape index (κ3) is 9.40. The lowest BCUT2D eigenvalue weighted by molar-refractivity contribution is -0.143. The van der Waals surface area contributed by atoms with Crippen molar-refractivity contribution in [1.82, 2.24) is 15.5 Å². The number of nitrogens with two attached hydrogens (primary N) is 1. The van der Waals surface area contributed by atoms with Gasteiger partial charge in [0.25, 0.3) is 0 Å². The molecule has 0 saturated heterocycles. The molecule has 0 aliphatic heterocycles. The maximum absolute atomic E-state index is 13.8. The summed E-state index contributed by atoms with van der Waals surface area (Å²) in [5.74, 6) is -1.79. The molecule has 4 N–H and O–H groups in total. The van der Waals surface area contributed by atoms with Crippen LogP contribution in [-0.2, 0) is 19.1 Å². The number of nitrogens with zero attached hydrogens (tertiary/aromatic N) is 1. The summed E-state index contributed by atoms with van der Waals surface area (Å²) in [6.45, 7) is 12.6. The molecule has 1 aromatic rings. The summed E-state index contributed by atoms with van der Waals surface area (Å²) in [5, 5.41) is 5.56. The summed E-state index contributed by atoms with van der Waals surface area (Å²) in [6, 6.07) is 4.80. The number of ether oxygens (including phenoxy) is 1. The van der Waals surface area contributed by atoms with Crippen molar-refractivity contribution in [2.45, 2.75) is 83.0 Å². The predicted molar refractivity (Wildman–Crippen MR) is 143 cm³/mol. The molecule has 0 heterocycles. The Bertz CT molecular complexity index is 995. The quantitative estimate of drug-likeness (QED) is 0.390. The van der Waals surface area contributed by atoms with Crippen LogP contribution in [0.1, 0.15) is 76.5 Å². The third-order valence-electron chi connectivity index (χ3n) is 5.98. The summed E-state index contributed by atoms with van der Waals surface area (Å²) in [4.78, 5) is 53.2. The van der Waals surface area contributed by atoms with Gasteiger partial charge >= 0.3 is 6.09 Å². The van der Waals surface area contributed by atoms with Gasteiger partial charge in [-0.25, -0.2) is 4.79 Å². The lowest BCUT2D eigenvalue weighted by Crippen LogP contribution is -2.54. The Balaban J connectivity index is 2.47. The molecule has 1 fully saturated rings. The molecule has 1 aromatic carbocycles. The lowest BCUT2D eigenvalue weighted by atomic mass is 9.94. The minimum Gasteiger partial charge on any atom is -0.444 e. The maximum Gasteiger partial charge on any atom is 0.408 e. The summed E-state index contributed by atoms with van der Waals surface area (Å²) in [7, 11) is 0. The molecule has 2 rings (SSSR count). The molecule has 2 atom stereocenters. The van der Waals surface area contributed by atoms with Crippen molar-refractivity contribution in [2.75, 3.05) is 6.54 Å². The van der Waals surface area contributed by atoms with Gasteiger partial charge in [-0.3, -0.25) is 14.4 Å². The second kappa shape index (κ2) is 13.6. The molecule has 0 spiro atoms. The Labute approximate surface area is 219 Å². The van der Waals surface area contributed by atoms with Crippen molar-refractivity contribution in [3.05, 3.63) is 54.6 Å². The summed E-state index contributed by atoms with van der Waals surface area (Å²) in [5.41, 5.74) is 5.93. The van der Waals surface area contributed by atoms with Gasteiger partial charge in [0.15, 0.2) is 0 Å². The monoisotopic (exact) mass is 512 g/mol. The van der Waals surface area contributed by atoms with Gasteiger partial charge in [-0.05, 0) is 50.8 Å². The van der Waals surface area contributed by atoms with Gasteiger partial charge in [-0.15, -0.1) is 6.58 Å². The van der Waals surface area contributed by atoms with E-state index in [0.29, 0.717) is 5.56 Å². The molecule has 0 radical (unpaired) electrons. The number of benzene rings is 1. The predicted octanol–water partition coefficient (Wildman–Crippen LogP) is 3.60. The summed E-state index contributed by atoms with van der Waals surface area (Å²) < 4.78 is 5.28. The van der Waals surface area contributed by atoms with Gasteiger partial charge in [-0.2, -0.15) is 0 Å². The zero-order valence-corrected chi connectivity index (χ0v) is 22.1. The van der Waals surface area contributed by atoms with Crippen molar-refractivity contribution in [3.8, 4) is 0 Å². The van der Waals surface area contributed by atoms with E-state index in [2.05, 4.69) is 23.8 Å². The Morgan fingerprint density at radius 2 is 1.84 bits per heavy atom. The van der Waals surface area contributed by atoms with E-state index >= 15 is 0 Å². The van der Waals surface area contributed by atoms with E-state index in [1.165, 1.54) is 11.0 Å². The molecule has 0 bridgehead atoms. The number of hydrogen-bond donors (Lipinski definition) is 3. The van der Waals surface area contributed by atoms with Crippen LogP contribution in [0.2, 0.25) is 0 Å². The molecule has 0 aromatic heterocycles. The Kier molecular flexibility index (Phi) is 10.9. The number of nitrogens with one attached hydrogen (secondary N) is 2. The highest BCUT2D eigenvalue weighted by Gasteiger charge is 2.37. The maximum atomic E-state index is 13.8. The number of carbonyl (C=O) groups excluding carboxylic acids is 4. The first kappa shape index (κ1) is 29.6. The standard InChI is InChI=1S/C28H40N4O5/c1-6-16-32(26(35)22(18-23(29)33)31-27(36)37-28(3,4)5)24(20-13-11-12-19(7-2)17-20)25(34)30-21-14-9-8-10-15-21/h6-7,11-13,17,21-22,24H,1-2,8-10,14-16,18H2,3-5H3,(H2,29,33)(H,30,34)(H,31,36). The van der Waals surface area contributed by atoms with E-state index in [1.807, 2.05) is 6.07 Å². The van der Waals surface area contributed by atoms with E-state index in [-0.39, 0.29) is 18.5 Å². The van der Waals surface area contributed by atoms with Crippen LogP contribution in [0, 0.1) is 0 Å². The van der Waals surface area contributed by atoms with Crippen LogP contribution >= 0.6 is 0 Å². The highest BCUT2D eigenvalue weighted by atomic mass is 16.6. The topological polar surface area (TPSA) is 131 Å². The van der Waals surface area contributed by atoms with Crippen molar-refractivity contribution in [1.29, 1.82) is 0 Å². The van der Waals surface area contributed by atoms with Crippen LogP contribution in [0.5, 0.6) is 0 Å². The number of carbonyl (C=O) groups is 4. The van der Waals surface area contributed by atoms with Gasteiger partial charge < -0.3 is 26.0 Å². The van der Waals surface area contributed by atoms with Crippen molar-refractivity contribution < 1.29 is 23.9 Å². The molecule has 37 heavy (non-hydrogen) atoms. The van der Waals surface area contributed by atoms with Crippen molar-refractivity contribution >= 4 is 29.9 Å². The van der Waals surface area contributed by atoms with Crippen molar-refractivity contribution in [3.63, 3.8) is 0 Å². The highest BCUT2D eigenvalue weighted by Crippen LogP contribution is 2.26. The fourth-order valence-corrected chi connectivity index (χ4v) is 4.37. The van der Waals surface area contributed by atoms with Crippen molar-refractivity contribution in [2.24, 2.45) is 5.73 Å². The van der Waals surface area contributed by atoms with Gasteiger partial charge in [-0.1, -0.05) is 56.2 Å². The van der Waals surface area contributed by atoms with Crippen LogP contribution in [0.15, 0.2) is 43.5 Å². The number of amides is 4. The first-order valence-electron chi connectivity index (χ1n) is 12.7. The average molecular weight is 513 g/mol. The second-order valence-corrected chi connectivity index (χ2v) is 10.3. The molecule has 9 heteroatoms. The molecule has 2 unspecified atom stereocenters. The van der Waals surface area contributed by atoms with Gasteiger partial charge in [0.1, 0.15) is 17.7 Å². The smallest absolute Gasteiger partial charge is 0.408 e. The molecule has 1 aliphatic rings. The van der Waals surface area contributed by atoms with Crippen LogP contribution in [0.25, 0.3) is 6.08 Å². The molecule has 9 nitrogen and oxygen atoms in total. The number of hydrogen-bond acceptors (Lipinski definition) is 5. The molecule has 4 amide bonds. The highest BCUT2D eigenvalue weighted by molar-refractivity contribution is 5.94. The lowest BCUT2D eigenvalue weighted by Gasteiger charge is -2.35. The van der Waals surface area contributed by atoms with Gasteiger partial charge in [0.2, 0.25) is 17.7 Å². The summed E-state index contributed by atoms with van der Waals surface area (Å²) >= 11 is 0. The van der Waals surface area contributed by atoms with E-state index in [4.69, 9.17) is 10.5 Å². The number of rotatable bonds is 11. The van der Waals surface area contributed by atoms with Crippen LogP contribution in [0.3, 0.4) is 0 Å². The Morgan fingerprint density at radius 3 is 2.41 bits per heavy atom. The van der Waals surface area contributed by atoms with Crippen LogP contribution in [0.4, 0.5) is 4.79 Å². The number of primary amides is 1. The zero-order chi connectivity index (χ0) is 27.6. The molecular formula is C28H40N4O5. The van der Waals surface area contributed by atoms with E-state index in [0.717, 1.165) is 37.7 Å².